The fraction of sp³-hybridized carbons (Fsp3) is 0. The number of para-hydroxylation sites is 1. The highest BCUT2D eigenvalue weighted by molar-refractivity contribution is 7.84. The molecule has 0 aliphatic heterocycles. The van der Waals surface area contributed by atoms with Gasteiger partial charge in [-0.1, -0.05) is 12.1 Å². The van der Waals surface area contributed by atoms with Crippen LogP contribution in [0.2, 0.25) is 0 Å². The lowest BCUT2D eigenvalue weighted by molar-refractivity contribution is 0.490. The van der Waals surface area contributed by atoms with Gasteiger partial charge in [0.05, 0.1) is 6.20 Å². The minimum absolute atomic E-state index is 0.141. The van der Waals surface area contributed by atoms with Gasteiger partial charge >= 0.3 is 10.3 Å². The first-order valence-electron chi connectivity index (χ1n) is 3.70. The number of aromatic nitrogens is 2. The standard InChI is InChI=1S/C7H7N3O3S/c8-14(11,12)13-6-3-1-2-5-4-9-10-7(5)6/h1-4H,(H,9,10)(H2,8,11,12). The van der Waals surface area contributed by atoms with Crippen molar-refractivity contribution < 1.29 is 12.6 Å². The highest BCUT2D eigenvalue weighted by Crippen LogP contribution is 2.23. The van der Waals surface area contributed by atoms with Crippen LogP contribution in [0.4, 0.5) is 0 Å². The molecule has 0 bridgehead atoms. The first-order chi connectivity index (χ1) is 6.56. The molecule has 7 heteroatoms. The van der Waals surface area contributed by atoms with Crippen molar-refractivity contribution in [3.05, 3.63) is 24.4 Å². The number of benzene rings is 1. The molecule has 6 nitrogen and oxygen atoms in total. The molecule has 0 spiro atoms. The topological polar surface area (TPSA) is 98.1 Å². The molecule has 3 N–H and O–H groups in total. The zero-order valence-electron chi connectivity index (χ0n) is 6.97. The Balaban J connectivity index is 2.57. The van der Waals surface area contributed by atoms with Gasteiger partial charge in [0.1, 0.15) is 5.52 Å². The molecule has 74 valence electrons. The molecule has 1 heterocycles. The molecule has 0 aliphatic rings. The number of rotatable bonds is 2. The first-order valence-corrected chi connectivity index (χ1v) is 5.18. The summed E-state index contributed by atoms with van der Waals surface area (Å²) in [6.07, 6.45) is 1.56. The van der Waals surface area contributed by atoms with Crippen LogP contribution in [0.15, 0.2) is 24.4 Å². The Morgan fingerprint density at radius 2 is 2.21 bits per heavy atom. The zero-order valence-corrected chi connectivity index (χ0v) is 7.78. The minimum atomic E-state index is -3.99. The zero-order chi connectivity index (χ0) is 10.2. The molecular formula is C7H7N3O3S. The third kappa shape index (κ3) is 1.68. The molecule has 2 rings (SSSR count). The van der Waals surface area contributed by atoms with Crippen LogP contribution in [0.1, 0.15) is 0 Å². The van der Waals surface area contributed by atoms with Gasteiger partial charge in [-0.2, -0.15) is 18.7 Å². The monoisotopic (exact) mass is 213 g/mol. The Hall–Kier alpha value is -1.60. The molecular weight excluding hydrogens is 206 g/mol. The van der Waals surface area contributed by atoms with Crippen molar-refractivity contribution in [3.63, 3.8) is 0 Å². The van der Waals surface area contributed by atoms with E-state index < -0.39 is 10.3 Å². The van der Waals surface area contributed by atoms with Crippen LogP contribution in [0.25, 0.3) is 10.9 Å². The lowest BCUT2D eigenvalue weighted by Gasteiger charge is -2.02. The minimum Gasteiger partial charge on any atom is -0.369 e. The molecule has 0 unspecified atom stereocenters. The highest BCUT2D eigenvalue weighted by atomic mass is 32.2. The summed E-state index contributed by atoms with van der Waals surface area (Å²) in [4.78, 5) is 0. The summed E-state index contributed by atoms with van der Waals surface area (Å²) < 4.78 is 25.9. The van der Waals surface area contributed by atoms with Crippen LogP contribution in [-0.2, 0) is 10.3 Å². The molecule has 0 radical (unpaired) electrons. The largest absolute Gasteiger partial charge is 0.380 e. The van der Waals surface area contributed by atoms with Gasteiger partial charge in [-0.25, -0.2) is 0 Å². The van der Waals surface area contributed by atoms with E-state index in [0.29, 0.717) is 5.52 Å². The molecule has 2 aromatic rings. The summed E-state index contributed by atoms with van der Waals surface area (Å²) in [5.74, 6) is 0.141. The van der Waals surface area contributed by atoms with Crippen molar-refractivity contribution in [1.82, 2.24) is 10.2 Å². The summed E-state index contributed by atoms with van der Waals surface area (Å²) in [5.41, 5.74) is 0.501. The number of aromatic amines is 1. The quantitative estimate of drug-likeness (QED) is 0.741. The third-order valence-corrected chi connectivity index (χ3v) is 2.06. The number of nitrogens with zero attached hydrogens (tertiary/aromatic N) is 1. The summed E-state index contributed by atoms with van der Waals surface area (Å²) in [6, 6.07) is 4.91. The second-order valence-corrected chi connectivity index (χ2v) is 3.82. The van der Waals surface area contributed by atoms with Crippen LogP contribution in [0, 0.1) is 0 Å². The maximum atomic E-state index is 10.7. The van der Waals surface area contributed by atoms with E-state index >= 15 is 0 Å². The Bertz CT molecular complexity index is 560. The molecule has 0 saturated heterocycles. The van der Waals surface area contributed by atoms with E-state index in [2.05, 4.69) is 14.4 Å². The fourth-order valence-corrected chi connectivity index (χ4v) is 1.53. The SMILES string of the molecule is NS(=O)(=O)Oc1cccc2cn[nH]c12. The molecule has 1 aromatic heterocycles. The maximum Gasteiger partial charge on any atom is 0.380 e. The molecule has 0 aliphatic carbocycles. The van der Waals surface area contributed by atoms with E-state index in [-0.39, 0.29) is 5.75 Å². The van der Waals surface area contributed by atoms with Gasteiger partial charge in [0.15, 0.2) is 5.75 Å². The molecule has 0 atom stereocenters. The Morgan fingerprint density at radius 3 is 2.93 bits per heavy atom. The van der Waals surface area contributed by atoms with E-state index in [1.54, 1.807) is 18.3 Å². The second-order valence-electron chi connectivity index (χ2n) is 2.67. The second kappa shape index (κ2) is 2.96. The number of nitrogens with one attached hydrogen (secondary N) is 1. The predicted octanol–water partition coefficient (Wildman–Crippen LogP) is 0.145. The molecule has 0 saturated carbocycles. The lowest BCUT2D eigenvalue weighted by Crippen LogP contribution is -2.19. The number of hydrogen-bond donors (Lipinski definition) is 2. The average molecular weight is 213 g/mol. The van der Waals surface area contributed by atoms with E-state index in [1.165, 1.54) is 6.07 Å². The van der Waals surface area contributed by atoms with E-state index in [0.717, 1.165) is 5.39 Å². The molecule has 0 fully saturated rings. The smallest absolute Gasteiger partial charge is 0.369 e. The number of nitrogens with two attached hydrogens (primary N) is 1. The third-order valence-electron chi connectivity index (χ3n) is 1.64. The van der Waals surface area contributed by atoms with Crippen molar-refractivity contribution in [2.24, 2.45) is 5.14 Å². The van der Waals surface area contributed by atoms with Crippen molar-refractivity contribution in [2.75, 3.05) is 0 Å². The van der Waals surface area contributed by atoms with E-state index in [1.807, 2.05) is 0 Å². The lowest BCUT2D eigenvalue weighted by atomic mass is 10.2. The predicted molar refractivity (Wildman–Crippen MR) is 49.8 cm³/mol. The number of hydrogen-bond acceptors (Lipinski definition) is 4. The van der Waals surface area contributed by atoms with Gasteiger partial charge in [-0.15, -0.1) is 0 Å². The van der Waals surface area contributed by atoms with Gasteiger partial charge in [0.25, 0.3) is 0 Å². The Kier molecular flexibility index (Phi) is 1.90. The van der Waals surface area contributed by atoms with Gasteiger partial charge in [-0.05, 0) is 6.07 Å². The Morgan fingerprint density at radius 1 is 1.43 bits per heavy atom. The molecule has 14 heavy (non-hydrogen) atoms. The molecule has 0 amide bonds. The van der Waals surface area contributed by atoms with Crippen molar-refractivity contribution >= 4 is 21.2 Å². The van der Waals surface area contributed by atoms with Crippen molar-refractivity contribution in [3.8, 4) is 5.75 Å². The van der Waals surface area contributed by atoms with Crippen LogP contribution < -0.4 is 9.32 Å². The number of fused-ring (bicyclic) bond motifs is 1. The average Bonchev–Trinajstić information content (AvgIpc) is 2.49. The van der Waals surface area contributed by atoms with E-state index in [9.17, 15) is 8.42 Å². The summed E-state index contributed by atoms with van der Waals surface area (Å²) in [5, 5.41) is 11.9. The van der Waals surface area contributed by atoms with Crippen molar-refractivity contribution in [1.29, 1.82) is 0 Å². The Labute approximate surface area is 79.9 Å². The van der Waals surface area contributed by atoms with Gasteiger partial charge < -0.3 is 4.18 Å². The summed E-state index contributed by atoms with van der Waals surface area (Å²) >= 11 is 0. The normalized spacial score (nSPS) is 11.8. The number of H-pyrrole nitrogens is 1. The van der Waals surface area contributed by atoms with Crippen LogP contribution >= 0.6 is 0 Å². The summed E-state index contributed by atoms with van der Waals surface area (Å²) in [7, 11) is -3.99. The molecule has 1 aromatic carbocycles. The van der Waals surface area contributed by atoms with Crippen molar-refractivity contribution in [2.45, 2.75) is 0 Å². The van der Waals surface area contributed by atoms with Gasteiger partial charge in [0, 0.05) is 5.39 Å². The van der Waals surface area contributed by atoms with Gasteiger partial charge in [-0.3, -0.25) is 5.10 Å². The van der Waals surface area contributed by atoms with Crippen LogP contribution in [0.5, 0.6) is 5.75 Å². The van der Waals surface area contributed by atoms with E-state index in [4.69, 9.17) is 5.14 Å². The highest BCUT2D eigenvalue weighted by Gasteiger charge is 2.09. The first kappa shape index (κ1) is 8.97. The van der Waals surface area contributed by atoms with Gasteiger partial charge in [0.2, 0.25) is 0 Å². The van der Waals surface area contributed by atoms with Crippen LogP contribution in [0.3, 0.4) is 0 Å². The fourth-order valence-electron chi connectivity index (χ4n) is 1.14. The maximum absolute atomic E-state index is 10.7. The van der Waals surface area contributed by atoms with Crippen LogP contribution in [-0.4, -0.2) is 18.6 Å². The summed E-state index contributed by atoms with van der Waals surface area (Å²) in [6.45, 7) is 0.